The molecular formula is C42H71N5O13. The van der Waals surface area contributed by atoms with Crippen molar-refractivity contribution in [2.75, 3.05) is 13.6 Å². The first-order valence-electron chi connectivity index (χ1n) is 21.8. The molecular weight excluding hydrogens is 782 g/mol. The largest absolute Gasteiger partial charge is 0.481 e. The zero-order chi connectivity index (χ0) is 44.9. The van der Waals surface area contributed by atoms with Crippen molar-refractivity contribution in [3.63, 3.8) is 0 Å². The molecule has 0 aromatic carbocycles. The molecule has 1 aliphatic rings. The summed E-state index contributed by atoms with van der Waals surface area (Å²) >= 11 is 0. The van der Waals surface area contributed by atoms with Gasteiger partial charge in [-0.1, -0.05) is 77.0 Å². The number of ketones is 1. The molecule has 0 bridgehead atoms. The fourth-order valence-electron chi connectivity index (χ4n) is 7.34. The van der Waals surface area contributed by atoms with Crippen molar-refractivity contribution >= 4 is 53.3 Å². The molecule has 0 aliphatic heterocycles. The van der Waals surface area contributed by atoms with E-state index in [0.29, 0.717) is 19.4 Å². The maximum Gasteiger partial charge on any atom is 0.326 e. The maximum absolute atomic E-state index is 12.5. The molecule has 1 fully saturated rings. The van der Waals surface area contributed by atoms with Crippen LogP contribution in [0.2, 0.25) is 0 Å². The number of rotatable bonds is 38. The predicted octanol–water partition coefficient (Wildman–Crippen LogP) is 3.82. The van der Waals surface area contributed by atoms with Crippen molar-refractivity contribution in [1.29, 1.82) is 0 Å². The maximum atomic E-state index is 12.5. The number of hydrogen-bond donors (Lipinski definition) is 9. The standard InChI is InChI=1S/C42H71N5O13/c1-29(48)42(43-2)28-30(42)18-17-27-44-34(49)24-21-31(39(55)56)46-36(51)26-23-33(41(59)60)47-37(52)25-22-32(40(57)58)45-35(50)19-15-13-11-9-7-5-3-4-6-8-10-12-14-16-20-38(53)54/h30-33,43H,3-28H2,1-2H3,(H,44,49)(H,45,50)(H,46,51)(H,47,52)(H,53,54)(H,55,56)(H,57,58)(H,59,60)/t30?,31-,32-,33-,42-/m0/s1. The molecule has 18 nitrogen and oxygen atoms in total. The summed E-state index contributed by atoms with van der Waals surface area (Å²) in [5, 5.41) is 50.1. The summed E-state index contributed by atoms with van der Waals surface area (Å²) in [6.07, 6.45) is 14.9. The van der Waals surface area contributed by atoms with Gasteiger partial charge in [0.05, 0.1) is 5.54 Å². The van der Waals surface area contributed by atoms with Gasteiger partial charge in [-0.05, 0) is 71.3 Å². The van der Waals surface area contributed by atoms with Crippen LogP contribution in [0, 0.1) is 5.92 Å². The third-order valence-corrected chi connectivity index (χ3v) is 11.2. The Hall–Kier alpha value is -4.61. The van der Waals surface area contributed by atoms with Crippen LogP contribution in [0.25, 0.3) is 0 Å². The van der Waals surface area contributed by atoms with Crippen LogP contribution < -0.4 is 26.6 Å². The molecule has 1 aliphatic carbocycles. The molecule has 0 aromatic rings. The summed E-state index contributed by atoms with van der Waals surface area (Å²) in [4.78, 5) is 107. The van der Waals surface area contributed by atoms with E-state index in [1.54, 1.807) is 14.0 Å². The number of carbonyl (C=O) groups is 9. The van der Waals surface area contributed by atoms with E-state index in [2.05, 4.69) is 26.6 Å². The minimum absolute atomic E-state index is 0.0763. The van der Waals surface area contributed by atoms with Gasteiger partial charge in [0.2, 0.25) is 23.6 Å². The van der Waals surface area contributed by atoms with Gasteiger partial charge in [0.25, 0.3) is 0 Å². The lowest BCUT2D eigenvalue weighted by Crippen LogP contribution is -2.45. The van der Waals surface area contributed by atoms with E-state index in [9.17, 15) is 58.5 Å². The van der Waals surface area contributed by atoms with E-state index in [1.807, 2.05) is 0 Å². The van der Waals surface area contributed by atoms with E-state index in [0.717, 1.165) is 70.6 Å². The number of likely N-dealkylation sites (N-methyl/N-ethyl adjacent to an activating group) is 1. The Bertz CT molecular complexity index is 1410. The average molecular weight is 854 g/mol. The Morgan fingerprint density at radius 2 is 0.850 bits per heavy atom. The fourth-order valence-corrected chi connectivity index (χ4v) is 7.34. The lowest BCUT2D eigenvalue weighted by atomic mass is 10.0. The zero-order valence-electron chi connectivity index (χ0n) is 35.7. The van der Waals surface area contributed by atoms with Gasteiger partial charge in [-0.25, -0.2) is 14.4 Å². The Morgan fingerprint density at radius 1 is 0.500 bits per heavy atom. The minimum Gasteiger partial charge on any atom is -0.481 e. The average Bonchev–Trinajstić information content (AvgIpc) is 3.92. The molecule has 1 unspecified atom stereocenters. The Labute approximate surface area is 353 Å². The number of carbonyl (C=O) groups excluding carboxylic acids is 5. The number of carboxylic acid groups (broad SMARTS) is 4. The molecule has 0 radical (unpaired) electrons. The van der Waals surface area contributed by atoms with Crippen molar-refractivity contribution < 1.29 is 63.6 Å². The smallest absolute Gasteiger partial charge is 0.326 e. The van der Waals surface area contributed by atoms with E-state index in [-0.39, 0.29) is 43.8 Å². The molecule has 0 saturated heterocycles. The van der Waals surface area contributed by atoms with Crippen molar-refractivity contribution in [3.05, 3.63) is 0 Å². The van der Waals surface area contributed by atoms with E-state index in [1.165, 1.54) is 25.7 Å². The number of aliphatic carboxylic acids is 4. The topological polar surface area (TPSA) is 295 Å². The second-order valence-electron chi connectivity index (χ2n) is 16.0. The highest BCUT2D eigenvalue weighted by atomic mass is 16.4. The third kappa shape index (κ3) is 23.8. The van der Waals surface area contributed by atoms with Gasteiger partial charge < -0.3 is 47.0 Å². The van der Waals surface area contributed by atoms with Gasteiger partial charge in [0.1, 0.15) is 23.9 Å². The molecule has 9 N–H and O–H groups in total. The highest BCUT2D eigenvalue weighted by Gasteiger charge is 2.56. The van der Waals surface area contributed by atoms with Crippen molar-refractivity contribution in [3.8, 4) is 0 Å². The monoisotopic (exact) mass is 854 g/mol. The van der Waals surface area contributed by atoms with Gasteiger partial charge in [-0.3, -0.25) is 28.8 Å². The SMILES string of the molecule is CN[C@]1(C(C)=O)CC1CCCNC(=O)CC[C@H](NC(=O)CC[C@H](NC(=O)CC[C@H](NC(=O)CCCCCCCCCCCCCCCCC(=O)O)C(=O)O)C(=O)O)C(=O)O. The lowest BCUT2D eigenvalue weighted by molar-refractivity contribution is -0.144. The predicted molar refractivity (Wildman–Crippen MR) is 221 cm³/mol. The first-order valence-corrected chi connectivity index (χ1v) is 21.8. The first kappa shape index (κ1) is 53.4. The second-order valence-corrected chi connectivity index (χ2v) is 16.0. The number of unbranched alkanes of at least 4 members (excludes halogenated alkanes) is 13. The van der Waals surface area contributed by atoms with Crippen LogP contribution in [-0.4, -0.2) is 111 Å². The highest BCUT2D eigenvalue weighted by Crippen LogP contribution is 2.46. The molecule has 0 spiro atoms. The lowest BCUT2D eigenvalue weighted by Gasteiger charge is -2.18. The molecule has 0 aromatic heterocycles. The van der Waals surface area contributed by atoms with Crippen LogP contribution in [0.3, 0.4) is 0 Å². The van der Waals surface area contributed by atoms with Gasteiger partial charge in [0, 0.05) is 38.6 Å². The van der Waals surface area contributed by atoms with Crippen molar-refractivity contribution in [1.82, 2.24) is 26.6 Å². The van der Waals surface area contributed by atoms with Gasteiger partial charge in [-0.2, -0.15) is 0 Å². The van der Waals surface area contributed by atoms with Crippen molar-refractivity contribution in [2.24, 2.45) is 5.92 Å². The number of hydrogen-bond acceptors (Lipinski definition) is 10. The van der Waals surface area contributed by atoms with Crippen LogP contribution in [0.1, 0.15) is 167 Å². The molecule has 1 rings (SSSR count). The first-order chi connectivity index (χ1) is 28.5. The molecule has 4 amide bonds. The normalized spacial score (nSPS) is 17.1. The summed E-state index contributed by atoms with van der Waals surface area (Å²) in [6, 6.07) is -4.31. The summed E-state index contributed by atoms with van der Waals surface area (Å²) in [6.45, 7) is 1.89. The van der Waals surface area contributed by atoms with Crippen molar-refractivity contribution in [2.45, 2.75) is 191 Å². The highest BCUT2D eigenvalue weighted by molar-refractivity contribution is 5.90. The van der Waals surface area contributed by atoms with E-state index >= 15 is 0 Å². The fraction of sp³-hybridized carbons (Fsp3) is 0.786. The van der Waals surface area contributed by atoms with Crippen LogP contribution >= 0.6 is 0 Å². The summed E-state index contributed by atoms with van der Waals surface area (Å²) in [5.74, 6) is -7.13. The molecule has 1 saturated carbocycles. The summed E-state index contributed by atoms with van der Waals surface area (Å²) < 4.78 is 0. The number of Topliss-reactive ketones (excluding diaryl/α,β-unsaturated/α-hetero) is 1. The number of nitrogens with one attached hydrogen (secondary N) is 5. The minimum atomic E-state index is -1.53. The molecule has 60 heavy (non-hydrogen) atoms. The molecule has 5 atom stereocenters. The quantitative estimate of drug-likeness (QED) is 0.0399. The van der Waals surface area contributed by atoms with Gasteiger partial charge in [-0.15, -0.1) is 0 Å². The van der Waals surface area contributed by atoms with Crippen LogP contribution in [0.15, 0.2) is 0 Å². The van der Waals surface area contributed by atoms with E-state index in [4.69, 9.17) is 5.11 Å². The Balaban J connectivity index is 2.27. The number of carboxylic acids is 4. The molecule has 342 valence electrons. The van der Waals surface area contributed by atoms with E-state index < -0.39 is 90.4 Å². The number of amides is 4. The summed E-state index contributed by atoms with van der Waals surface area (Å²) in [5.41, 5.74) is -0.489. The Kier molecular flexibility index (Phi) is 27.1. The zero-order valence-corrected chi connectivity index (χ0v) is 35.7. The molecule has 0 heterocycles. The van der Waals surface area contributed by atoms with Crippen LogP contribution in [0.4, 0.5) is 0 Å². The van der Waals surface area contributed by atoms with Crippen LogP contribution in [0.5, 0.6) is 0 Å². The van der Waals surface area contributed by atoms with Gasteiger partial charge >= 0.3 is 23.9 Å². The summed E-state index contributed by atoms with van der Waals surface area (Å²) in [7, 11) is 1.74. The third-order valence-electron chi connectivity index (χ3n) is 11.2. The molecule has 18 heteroatoms. The Morgan fingerprint density at radius 3 is 1.18 bits per heavy atom. The van der Waals surface area contributed by atoms with Gasteiger partial charge in [0.15, 0.2) is 0 Å². The van der Waals surface area contributed by atoms with Crippen LogP contribution in [-0.2, 0) is 43.2 Å². The second kappa shape index (κ2) is 30.4.